The number of hydrogen-bond acceptors (Lipinski definition) is 2. The Morgan fingerprint density at radius 1 is 0.800 bits per heavy atom. The van der Waals surface area contributed by atoms with Crippen molar-refractivity contribution in [2.75, 3.05) is 13.1 Å². The number of nitrogens with one attached hydrogen (secondary N) is 4. The topological polar surface area (TPSA) is 82.3 Å². The van der Waals surface area contributed by atoms with E-state index in [0.717, 1.165) is 0 Å². The molecule has 0 unspecified atom stereocenters. The normalized spacial score (nSPS) is 8.90. The fourth-order valence-electron chi connectivity index (χ4n) is 1.05. The molecule has 0 aliphatic carbocycles. The molecule has 4 N–H and O–H groups in total. The van der Waals surface area contributed by atoms with E-state index in [1.165, 1.54) is 0 Å². The summed E-state index contributed by atoms with van der Waals surface area (Å²) in [6, 6.07) is -0.333. The first-order valence-corrected chi connectivity index (χ1v) is 6.46. The van der Waals surface area contributed by atoms with E-state index < -0.39 is 0 Å². The van der Waals surface area contributed by atoms with Gasteiger partial charge in [-0.2, -0.15) is 0 Å². The van der Waals surface area contributed by atoms with Crippen LogP contribution in [0.1, 0.15) is 27.7 Å². The Morgan fingerprint density at radius 2 is 1.15 bits per heavy atom. The van der Waals surface area contributed by atoms with Gasteiger partial charge in [-0.3, -0.25) is 0 Å². The summed E-state index contributed by atoms with van der Waals surface area (Å²) in [5, 5.41) is 10.5. The van der Waals surface area contributed by atoms with Crippen LogP contribution in [0.25, 0.3) is 0 Å². The SMILES string of the molecule is CC(C)NC(=O)NCC#CC#CCNC(=O)NC(C)C. The first-order chi connectivity index (χ1) is 9.41. The molecule has 0 fully saturated rings. The van der Waals surface area contributed by atoms with Crippen LogP contribution in [0.3, 0.4) is 0 Å². The number of urea groups is 2. The maximum Gasteiger partial charge on any atom is 0.315 e. The summed E-state index contributed by atoms with van der Waals surface area (Å²) in [7, 11) is 0. The van der Waals surface area contributed by atoms with Gasteiger partial charge in [-0.1, -0.05) is 11.8 Å². The summed E-state index contributed by atoms with van der Waals surface area (Å²) in [4.78, 5) is 22.3. The van der Waals surface area contributed by atoms with Crippen LogP contribution < -0.4 is 21.3 Å². The van der Waals surface area contributed by atoms with Crippen LogP contribution in [0.5, 0.6) is 0 Å². The van der Waals surface area contributed by atoms with Gasteiger partial charge in [0.1, 0.15) is 0 Å². The van der Waals surface area contributed by atoms with Crippen molar-refractivity contribution in [1.29, 1.82) is 0 Å². The molecule has 0 saturated heterocycles. The predicted octanol–water partition coefficient (Wildman–Crippen LogP) is 0.408. The molecular weight excluding hydrogens is 256 g/mol. The molecule has 6 heteroatoms. The van der Waals surface area contributed by atoms with Crippen molar-refractivity contribution in [3.63, 3.8) is 0 Å². The van der Waals surface area contributed by atoms with E-state index in [1.807, 2.05) is 27.7 Å². The van der Waals surface area contributed by atoms with Gasteiger partial charge in [0.2, 0.25) is 0 Å². The van der Waals surface area contributed by atoms with Crippen molar-refractivity contribution in [2.24, 2.45) is 0 Å². The van der Waals surface area contributed by atoms with Crippen LogP contribution in [-0.2, 0) is 0 Å². The predicted molar refractivity (Wildman–Crippen MR) is 78.9 cm³/mol. The van der Waals surface area contributed by atoms with Gasteiger partial charge < -0.3 is 21.3 Å². The Kier molecular flexibility index (Phi) is 9.33. The van der Waals surface area contributed by atoms with E-state index in [0.29, 0.717) is 0 Å². The van der Waals surface area contributed by atoms with Gasteiger partial charge in [0, 0.05) is 12.1 Å². The molecule has 0 heterocycles. The molecule has 0 atom stereocenters. The number of carbonyl (C=O) groups excluding carboxylic acids is 2. The molecule has 0 bridgehead atoms. The number of carbonyl (C=O) groups is 2. The summed E-state index contributed by atoms with van der Waals surface area (Å²) < 4.78 is 0. The third kappa shape index (κ3) is 12.1. The van der Waals surface area contributed by atoms with E-state index in [2.05, 4.69) is 44.9 Å². The average Bonchev–Trinajstić information content (AvgIpc) is 2.30. The zero-order valence-electron chi connectivity index (χ0n) is 12.4. The van der Waals surface area contributed by atoms with Crippen molar-refractivity contribution in [3.8, 4) is 23.7 Å². The summed E-state index contributed by atoms with van der Waals surface area (Å²) in [5.74, 6) is 10.5. The van der Waals surface area contributed by atoms with E-state index in [4.69, 9.17) is 0 Å². The Hall–Kier alpha value is -2.34. The standard InChI is InChI=1S/C14H22N4O2/c1-11(2)17-13(19)15-9-7-5-6-8-10-16-14(20)18-12(3)4/h11-12H,9-10H2,1-4H3,(H2,15,17,19)(H2,16,18,20). The molecule has 0 aromatic heterocycles. The van der Waals surface area contributed by atoms with Crippen molar-refractivity contribution in [1.82, 2.24) is 21.3 Å². The Labute approximate surface area is 120 Å². The molecule has 0 rings (SSSR count). The van der Waals surface area contributed by atoms with Gasteiger partial charge in [-0.15, -0.1) is 0 Å². The molecular formula is C14H22N4O2. The molecule has 0 saturated carbocycles. The highest BCUT2D eigenvalue weighted by molar-refractivity contribution is 5.74. The van der Waals surface area contributed by atoms with Crippen LogP contribution in [0.15, 0.2) is 0 Å². The minimum Gasteiger partial charge on any atom is -0.336 e. The number of hydrogen-bond donors (Lipinski definition) is 4. The molecule has 0 aromatic carbocycles. The zero-order valence-corrected chi connectivity index (χ0v) is 12.4. The maximum atomic E-state index is 11.2. The molecule has 0 spiro atoms. The summed E-state index contributed by atoms with van der Waals surface area (Å²) in [5.41, 5.74) is 0. The van der Waals surface area contributed by atoms with Gasteiger partial charge in [-0.05, 0) is 39.5 Å². The van der Waals surface area contributed by atoms with E-state index in [-0.39, 0.29) is 37.2 Å². The van der Waals surface area contributed by atoms with Gasteiger partial charge >= 0.3 is 12.1 Å². The van der Waals surface area contributed by atoms with Crippen molar-refractivity contribution in [2.45, 2.75) is 39.8 Å². The molecule has 0 aliphatic rings. The van der Waals surface area contributed by atoms with Crippen LogP contribution in [-0.4, -0.2) is 37.2 Å². The van der Waals surface area contributed by atoms with Crippen LogP contribution in [0.2, 0.25) is 0 Å². The van der Waals surface area contributed by atoms with Crippen molar-refractivity contribution < 1.29 is 9.59 Å². The third-order valence-electron chi connectivity index (χ3n) is 1.75. The highest BCUT2D eigenvalue weighted by Crippen LogP contribution is 1.75. The highest BCUT2D eigenvalue weighted by Gasteiger charge is 1.99. The second kappa shape index (κ2) is 10.6. The van der Waals surface area contributed by atoms with Gasteiger partial charge in [0.05, 0.1) is 13.1 Å². The van der Waals surface area contributed by atoms with Gasteiger partial charge in [-0.25, -0.2) is 9.59 Å². The van der Waals surface area contributed by atoms with Crippen molar-refractivity contribution in [3.05, 3.63) is 0 Å². The molecule has 20 heavy (non-hydrogen) atoms. The summed E-state index contributed by atoms with van der Waals surface area (Å²) in [6.07, 6.45) is 0. The first-order valence-electron chi connectivity index (χ1n) is 6.46. The Balaban J connectivity index is 3.75. The van der Waals surface area contributed by atoms with Gasteiger partial charge in [0.15, 0.2) is 0 Å². The fourth-order valence-corrected chi connectivity index (χ4v) is 1.05. The Bertz CT molecular complexity index is 394. The molecule has 0 aromatic rings. The second-order valence-corrected chi connectivity index (χ2v) is 4.57. The minimum atomic E-state index is -0.255. The lowest BCUT2D eigenvalue weighted by atomic mass is 10.4. The maximum absolute atomic E-state index is 11.2. The lowest BCUT2D eigenvalue weighted by Crippen LogP contribution is -2.39. The lowest BCUT2D eigenvalue weighted by molar-refractivity contribution is 0.239. The van der Waals surface area contributed by atoms with Crippen molar-refractivity contribution >= 4 is 12.1 Å². The molecule has 110 valence electrons. The van der Waals surface area contributed by atoms with E-state index in [9.17, 15) is 9.59 Å². The fraction of sp³-hybridized carbons (Fsp3) is 0.571. The quantitative estimate of drug-likeness (QED) is 0.562. The largest absolute Gasteiger partial charge is 0.336 e. The average molecular weight is 278 g/mol. The zero-order chi connectivity index (χ0) is 15.4. The lowest BCUT2D eigenvalue weighted by Gasteiger charge is -2.07. The number of rotatable bonds is 4. The first kappa shape index (κ1) is 17.7. The molecule has 4 amide bonds. The second-order valence-electron chi connectivity index (χ2n) is 4.57. The van der Waals surface area contributed by atoms with Crippen LogP contribution in [0.4, 0.5) is 9.59 Å². The van der Waals surface area contributed by atoms with Crippen LogP contribution in [0, 0.1) is 23.7 Å². The molecule has 6 nitrogen and oxygen atoms in total. The third-order valence-corrected chi connectivity index (χ3v) is 1.75. The van der Waals surface area contributed by atoms with E-state index in [1.54, 1.807) is 0 Å². The number of amides is 4. The van der Waals surface area contributed by atoms with Gasteiger partial charge in [0.25, 0.3) is 0 Å². The molecule has 0 aliphatic heterocycles. The Morgan fingerprint density at radius 3 is 1.45 bits per heavy atom. The van der Waals surface area contributed by atoms with Crippen LogP contribution >= 0.6 is 0 Å². The monoisotopic (exact) mass is 278 g/mol. The smallest absolute Gasteiger partial charge is 0.315 e. The summed E-state index contributed by atoms with van der Waals surface area (Å²) in [6.45, 7) is 7.96. The highest BCUT2D eigenvalue weighted by atomic mass is 16.2. The summed E-state index contributed by atoms with van der Waals surface area (Å²) >= 11 is 0. The van der Waals surface area contributed by atoms with E-state index >= 15 is 0 Å². The minimum absolute atomic E-state index is 0.0887. The molecule has 0 radical (unpaired) electrons.